The van der Waals surface area contributed by atoms with Gasteiger partial charge in [0.2, 0.25) is 0 Å². The van der Waals surface area contributed by atoms with Gasteiger partial charge in [-0.25, -0.2) is 0 Å². The van der Waals surface area contributed by atoms with E-state index in [2.05, 4.69) is 71.1 Å². The van der Waals surface area contributed by atoms with Gasteiger partial charge in [-0.15, -0.1) is 0 Å². The Morgan fingerprint density at radius 3 is 2.48 bits per heavy atom. The van der Waals surface area contributed by atoms with Gasteiger partial charge in [-0.05, 0) is 76.0 Å². The lowest BCUT2D eigenvalue weighted by molar-refractivity contribution is 0.0733. The van der Waals surface area contributed by atoms with Gasteiger partial charge < -0.3 is 10.1 Å². The van der Waals surface area contributed by atoms with Crippen LogP contribution in [0.5, 0.6) is 5.75 Å². The van der Waals surface area contributed by atoms with E-state index in [1.165, 1.54) is 12.0 Å². The van der Waals surface area contributed by atoms with Crippen LogP contribution in [0.25, 0.3) is 0 Å². The molecule has 2 rings (SSSR count). The predicted octanol–water partition coefficient (Wildman–Crippen LogP) is 5.21. The molecule has 1 fully saturated rings. The summed E-state index contributed by atoms with van der Waals surface area (Å²) in [5, 5.41) is 3.65. The molecule has 1 aliphatic carbocycles. The molecule has 1 aromatic rings. The first kappa shape index (κ1) is 18.3. The maximum atomic E-state index is 6.15. The Morgan fingerprint density at radius 2 is 1.87 bits per heavy atom. The van der Waals surface area contributed by atoms with Crippen molar-refractivity contribution in [3.8, 4) is 5.75 Å². The summed E-state index contributed by atoms with van der Waals surface area (Å²) in [5.74, 6) is 2.58. The minimum Gasteiger partial charge on any atom is -0.490 e. The molecule has 0 aliphatic heterocycles. The zero-order valence-electron chi connectivity index (χ0n) is 15.9. The summed E-state index contributed by atoms with van der Waals surface area (Å²) in [7, 11) is 0. The molecule has 0 saturated heterocycles. The Bertz CT molecular complexity index is 483. The standard InChI is InChI=1S/C21H35NO/c1-15(2)16(3)10-11-17-8-7-9-19(12-17)23-20-13-18(14-20)22-21(4,5)6/h7-9,12,15-16,18,20,22H,10-11,13-14H2,1-6H3/t16-,18-,20+/m0/s1. The fourth-order valence-electron chi connectivity index (χ4n) is 3.09. The Labute approximate surface area is 143 Å². The van der Waals surface area contributed by atoms with Crippen molar-refractivity contribution in [1.29, 1.82) is 0 Å². The zero-order valence-corrected chi connectivity index (χ0v) is 15.9. The Kier molecular flexibility index (Phi) is 6.13. The van der Waals surface area contributed by atoms with E-state index in [0.717, 1.165) is 36.8 Å². The number of hydrogen-bond acceptors (Lipinski definition) is 2. The van der Waals surface area contributed by atoms with E-state index in [1.54, 1.807) is 0 Å². The number of hydrogen-bond donors (Lipinski definition) is 1. The average Bonchev–Trinajstić information content (AvgIpc) is 2.41. The van der Waals surface area contributed by atoms with Gasteiger partial charge in [-0.2, -0.15) is 0 Å². The molecule has 0 aromatic heterocycles. The van der Waals surface area contributed by atoms with Crippen LogP contribution in [0.1, 0.15) is 66.4 Å². The Hall–Kier alpha value is -1.02. The van der Waals surface area contributed by atoms with Crippen molar-refractivity contribution in [2.75, 3.05) is 0 Å². The summed E-state index contributed by atoms with van der Waals surface area (Å²) in [5.41, 5.74) is 1.60. The second-order valence-electron chi connectivity index (χ2n) is 8.71. The highest BCUT2D eigenvalue weighted by molar-refractivity contribution is 5.29. The number of ether oxygens (including phenoxy) is 1. The summed E-state index contributed by atoms with van der Waals surface area (Å²) in [4.78, 5) is 0. The molecule has 2 nitrogen and oxygen atoms in total. The highest BCUT2D eigenvalue weighted by atomic mass is 16.5. The number of nitrogens with one attached hydrogen (secondary N) is 1. The highest BCUT2D eigenvalue weighted by Gasteiger charge is 2.33. The molecule has 1 aromatic carbocycles. The maximum absolute atomic E-state index is 6.15. The van der Waals surface area contributed by atoms with E-state index in [0.29, 0.717) is 12.1 Å². The van der Waals surface area contributed by atoms with Crippen LogP contribution in [-0.2, 0) is 6.42 Å². The molecule has 0 spiro atoms. The van der Waals surface area contributed by atoms with Crippen molar-refractivity contribution in [3.05, 3.63) is 29.8 Å². The predicted molar refractivity (Wildman–Crippen MR) is 99.1 cm³/mol. The van der Waals surface area contributed by atoms with Crippen LogP contribution in [0.3, 0.4) is 0 Å². The highest BCUT2D eigenvalue weighted by Crippen LogP contribution is 2.28. The molecule has 130 valence electrons. The first-order chi connectivity index (χ1) is 10.7. The molecule has 1 aliphatic rings. The van der Waals surface area contributed by atoms with Crippen LogP contribution < -0.4 is 10.1 Å². The molecule has 0 unspecified atom stereocenters. The van der Waals surface area contributed by atoms with E-state index < -0.39 is 0 Å². The van der Waals surface area contributed by atoms with Gasteiger partial charge >= 0.3 is 0 Å². The fourth-order valence-corrected chi connectivity index (χ4v) is 3.09. The summed E-state index contributed by atoms with van der Waals surface area (Å²) in [6.07, 6.45) is 5.01. The van der Waals surface area contributed by atoms with Crippen molar-refractivity contribution < 1.29 is 4.74 Å². The first-order valence-corrected chi connectivity index (χ1v) is 9.26. The van der Waals surface area contributed by atoms with Crippen molar-refractivity contribution >= 4 is 0 Å². The first-order valence-electron chi connectivity index (χ1n) is 9.26. The zero-order chi connectivity index (χ0) is 17.0. The normalized spacial score (nSPS) is 22.7. The average molecular weight is 318 g/mol. The van der Waals surface area contributed by atoms with Gasteiger partial charge in [-0.1, -0.05) is 32.9 Å². The SMILES string of the molecule is CC(C)[C@@H](C)CCc1cccc(O[C@H]2C[C@@H](NC(C)(C)C)C2)c1. The Balaban J connectivity index is 1.78. The quantitative estimate of drug-likeness (QED) is 0.745. The van der Waals surface area contributed by atoms with Crippen LogP contribution in [-0.4, -0.2) is 17.7 Å². The van der Waals surface area contributed by atoms with Crippen LogP contribution >= 0.6 is 0 Å². The third-order valence-corrected chi connectivity index (χ3v) is 4.96. The van der Waals surface area contributed by atoms with E-state index in [4.69, 9.17) is 4.74 Å². The number of rotatable bonds is 7. The molecule has 0 radical (unpaired) electrons. The lowest BCUT2D eigenvalue weighted by Gasteiger charge is -2.40. The molecule has 1 saturated carbocycles. The number of aryl methyl sites for hydroxylation is 1. The van der Waals surface area contributed by atoms with Crippen LogP contribution in [0.2, 0.25) is 0 Å². The topological polar surface area (TPSA) is 21.3 Å². The lowest BCUT2D eigenvalue weighted by atomic mass is 9.87. The largest absolute Gasteiger partial charge is 0.490 e. The lowest BCUT2D eigenvalue weighted by Crippen LogP contribution is -2.53. The third kappa shape index (κ3) is 6.18. The molecule has 2 heteroatoms. The van der Waals surface area contributed by atoms with Crippen LogP contribution in [0, 0.1) is 11.8 Å². The molecule has 1 atom stereocenters. The minimum atomic E-state index is 0.197. The van der Waals surface area contributed by atoms with Gasteiger partial charge in [0.15, 0.2) is 0 Å². The van der Waals surface area contributed by atoms with Crippen molar-refractivity contribution in [2.24, 2.45) is 11.8 Å². The van der Waals surface area contributed by atoms with Gasteiger partial charge in [0.25, 0.3) is 0 Å². The van der Waals surface area contributed by atoms with Crippen LogP contribution in [0.4, 0.5) is 0 Å². The maximum Gasteiger partial charge on any atom is 0.119 e. The molecule has 0 bridgehead atoms. The van der Waals surface area contributed by atoms with E-state index >= 15 is 0 Å². The van der Waals surface area contributed by atoms with Gasteiger partial charge in [0, 0.05) is 11.6 Å². The van der Waals surface area contributed by atoms with Gasteiger partial charge in [0.05, 0.1) is 0 Å². The third-order valence-electron chi connectivity index (χ3n) is 4.96. The van der Waals surface area contributed by atoms with Crippen LogP contribution in [0.15, 0.2) is 24.3 Å². The molecule has 0 heterocycles. The van der Waals surface area contributed by atoms with E-state index in [-0.39, 0.29) is 5.54 Å². The van der Waals surface area contributed by atoms with E-state index in [1.807, 2.05) is 0 Å². The van der Waals surface area contributed by atoms with Crippen molar-refractivity contribution in [2.45, 2.75) is 84.9 Å². The summed E-state index contributed by atoms with van der Waals surface area (Å²) < 4.78 is 6.15. The van der Waals surface area contributed by atoms with Crippen molar-refractivity contribution in [3.63, 3.8) is 0 Å². The number of benzene rings is 1. The summed E-state index contributed by atoms with van der Waals surface area (Å²) >= 11 is 0. The monoisotopic (exact) mass is 317 g/mol. The summed E-state index contributed by atoms with van der Waals surface area (Å²) in [6, 6.07) is 9.30. The molecule has 1 N–H and O–H groups in total. The molecule has 23 heavy (non-hydrogen) atoms. The van der Waals surface area contributed by atoms with E-state index in [9.17, 15) is 0 Å². The molecular formula is C21H35NO. The Morgan fingerprint density at radius 1 is 1.17 bits per heavy atom. The van der Waals surface area contributed by atoms with Gasteiger partial charge in [0.1, 0.15) is 11.9 Å². The van der Waals surface area contributed by atoms with Gasteiger partial charge in [-0.3, -0.25) is 0 Å². The fraction of sp³-hybridized carbons (Fsp3) is 0.714. The second kappa shape index (κ2) is 7.70. The molecular weight excluding hydrogens is 282 g/mol. The second-order valence-corrected chi connectivity index (χ2v) is 8.71. The molecule has 0 amide bonds. The van der Waals surface area contributed by atoms with Crippen molar-refractivity contribution in [1.82, 2.24) is 5.32 Å². The summed E-state index contributed by atoms with van der Waals surface area (Å²) in [6.45, 7) is 13.6. The minimum absolute atomic E-state index is 0.197. The smallest absolute Gasteiger partial charge is 0.119 e.